The summed E-state index contributed by atoms with van der Waals surface area (Å²) in [6, 6.07) is 8.53. The highest BCUT2D eigenvalue weighted by molar-refractivity contribution is 5.81. The molecule has 0 fully saturated rings. The van der Waals surface area contributed by atoms with Gasteiger partial charge in [0.05, 0.1) is 6.61 Å². The highest BCUT2D eigenvalue weighted by Gasteiger charge is 2.02. The zero-order chi connectivity index (χ0) is 13.5. The van der Waals surface area contributed by atoms with Gasteiger partial charge in [-0.25, -0.2) is 0 Å². The quantitative estimate of drug-likeness (QED) is 0.736. The van der Waals surface area contributed by atoms with Crippen molar-refractivity contribution in [3.8, 4) is 5.75 Å². The van der Waals surface area contributed by atoms with Gasteiger partial charge in [0, 0.05) is 23.6 Å². The average Bonchev–Trinajstić information content (AvgIpc) is 2.84. The summed E-state index contributed by atoms with van der Waals surface area (Å²) in [6.45, 7) is 8.24. The van der Waals surface area contributed by atoms with E-state index in [0.717, 1.165) is 44.8 Å². The second-order valence-corrected chi connectivity index (χ2v) is 4.79. The Morgan fingerprint density at radius 1 is 1.21 bits per heavy atom. The Bertz CT molecular complexity index is 504. The molecule has 0 radical (unpaired) electrons. The van der Waals surface area contributed by atoms with E-state index in [-0.39, 0.29) is 0 Å². The van der Waals surface area contributed by atoms with Gasteiger partial charge in [-0.05, 0) is 50.2 Å². The molecule has 0 saturated carbocycles. The molecule has 3 nitrogen and oxygen atoms in total. The first-order chi connectivity index (χ1) is 9.35. The lowest BCUT2D eigenvalue weighted by Gasteiger charge is -2.07. The molecule has 0 spiro atoms. The van der Waals surface area contributed by atoms with Crippen LogP contribution in [0.5, 0.6) is 5.75 Å². The maximum Gasteiger partial charge on any atom is 0.120 e. The van der Waals surface area contributed by atoms with Crippen molar-refractivity contribution in [3.05, 3.63) is 30.5 Å². The molecule has 0 aliphatic heterocycles. The number of aromatic nitrogens is 1. The van der Waals surface area contributed by atoms with Crippen LogP contribution in [0.4, 0.5) is 0 Å². The van der Waals surface area contributed by atoms with E-state index in [2.05, 4.69) is 54.2 Å². The molecule has 2 rings (SSSR count). The third-order valence-electron chi connectivity index (χ3n) is 3.22. The van der Waals surface area contributed by atoms with Gasteiger partial charge in [-0.3, -0.25) is 0 Å². The van der Waals surface area contributed by atoms with E-state index in [1.54, 1.807) is 0 Å². The van der Waals surface area contributed by atoms with Crippen molar-refractivity contribution < 1.29 is 4.74 Å². The Labute approximate surface area is 115 Å². The fraction of sp³-hybridized carbons (Fsp3) is 0.500. The summed E-state index contributed by atoms with van der Waals surface area (Å²) in [4.78, 5) is 0. The first-order valence-electron chi connectivity index (χ1n) is 7.27. The first kappa shape index (κ1) is 13.9. The third kappa shape index (κ3) is 3.74. The molecule has 19 heavy (non-hydrogen) atoms. The van der Waals surface area contributed by atoms with Crippen LogP contribution in [0.2, 0.25) is 0 Å². The molecule has 1 heterocycles. The van der Waals surface area contributed by atoms with Crippen molar-refractivity contribution in [2.45, 2.75) is 33.2 Å². The summed E-state index contributed by atoms with van der Waals surface area (Å²) in [5, 5.41) is 4.62. The molecule has 104 valence electrons. The minimum absolute atomic E-state index is 0.787. The van der Waals surface area contributed by atoms with Crippen molar-refractivity contribution in [3.63, 3.8) is 0 Å². The van der Waals surface area contributed by atoms with Crippen LogP contribution in [-0.2, 0) is 6.54 Å². The van der Waals surface area contributed by atoms with Gasteiger partial charge < -0.3 is 14.6 Å². The van der Waals surface area contributed by atoms with Crippen molar-refractivity contribution >= 4 is 10.9 Å². The molecular weight excluding hydrogens is 236 g/mol. The van der Waals surface area contributed by atoms with Crippen LogP contribution in [0.1, 0.15) is 26.7 Å². The summed E-state index contributed by atoms with van der Waals surface area (Å²) in [5.41, 5.74) is 1.29. The second kappa shape index (κ2) is 7.19. The van der Waals surface area contributed by atoms with Crippen LogP contribution >= 0.6 is 0 Å². The molecule has 1 N–H and O–H groups in total. The molecule has 0 atom stereocenters. The number of ether oxygens (including phenoxy) is 1. The van der Waals surface area contributed by atoms with Crippen molar-refractivity contribution in [2.24, 2.45) is 0 Å². The van der Waals surface area contributed by atoms with Gasteiger partial charge in [0.1, 0.15) is 5.75 Å². The Morgan fingerprint density at radius 3 is 2.89 bits per heavy atom. The molecule has 0 saturated heterocycles. The largest absolute Gasteiger partial charge is 0.494 e. The Morgan fingerprint density at radius 2 is 2.11 bits per heavy atom. The Kier molecular flexibility index (Phi) is 5.28. The van der Waals surface area contributed by atoms with Crippen LogP contribution in [-0.4, -0.2) is 24.3 Å². The standard InChI is InChI=1S/C16H24N2O/c1-3-12-19-15-6-7-16-14(13-15)8-11-18(16)10-5-9-17-4-2/h6-8,11,13,17H,3-5,9-10,12H2,1-2H3. The fourth-order valence-corrected chi connectivity index (χ4v) is 2.23. The minimum Gasteiger partial charge on any atom is -0.494 e. The van der Waals surface area contributed by atoms with Crippen LogP contribution in [0, 0.1) is 0 Å². The van der Waals surface area contributed by atoms with E-state index in [1.165, 1.54) is 10.9 Å². The number of hydrogen-bond donors (Lipinski definition) is 1. The van der Waals surface area contributed by atoms with Gasteiger partial charge in [-0.15, -0.1) is 0 Å². The summed E-state index contributed by atoms with van der Waals surface area (Å²) >= 11 is 0. The van der Waals surface area contributed by atoms with E-state index < -0.39 is 0 Å². The molecule has 0 aliphatic rings. The molecule has 0 unspecified atom stereocenters. The normalized spacial score (nSPS) is 11.1. The molecule has 0 aliphatic carbocycles. The number of nitrogens with one attached hydrogen (secondary N) is 1. The lowest BCUT2D eigenvalue weighted by Crippen LogP contribution is -2.15. The Balaban J connectivity index is 2.02. The van der Waals surface area contributed by atoms with Crippen LogP contribution in [0.3, 0.4) is 0 Å². The number of nitrogens with zero attached hydrogens (tertiary/aromatic N) is 1. The Hall–Kier alpha value is -1.48. The minimum atomic E-state index is 0.787. The molecule has 2 aromatic rings. The molecule has 3 heteroatoms. The van der Waals surface area contributed by atoms with Gasteiger partial charge >= 0.3 is 0 Å². The highest BCUT2D eigenvalue weighted by atomic mass is 16.5. The molecular formula is C16H24N2O. The van der Waals surface area contributed by atoms with Gasteiger partial charge in [-0.2, -0.15) is 0 Å². The number of benzene rings is 1. The summed E-state index contributed by atoms with van der Waals surface area (Å²) in [6.07, 6.45) is 4.37. The highest BCUT2D eigenvalue weighted by Crippen LogP contribution is 2.22. The van der Waals surface area contributed by atoms with Crippen LogP contribution < -0.4 is 10.1 Å². The smallest absolute Gasteiger partial charge is 0.120 e. The number of hydrogen-bond acceptors (Lipinski definition) is 2. The molecule has 0 amide bonds. The van der Waals surface area contributed by atoms with Gasteiger partial charge in [0.2, 0.25) is 0 Å². The van der Waals surface area contributed by atoms with E-state index >= 15 is 0 Å². The van der Waals surface area contributed by atoms with Crippen molar-refractivity contribution in [1.29, 1.82) is 0 Å². The summed E-state index contributed by atoms with van der Waals surface area (Å²) < 4.78 is 7.98. The van der Waals surface area contributed by atoms with E-state index in [0.29, 0.717) is 0 Å². The van der Waals surface area contributed by atoms with E-state index in [9.17, 15) is 0 Å². The van der Waals surface area contributed by atoms with Crippen molar-refractivity contribution in [2.75, 3.05) is 19.7 Å². The van der Waals surface area contributed by atoms with E-state index in [4.69, 9.17) is 4.74 Å². The predicted molar refractivity (Wildman–Crippen MR) is 80.9 cm³/mol. The van der Waals surface area contributed by atoms with Gasteiger partial charge in [0.15, 0.2) is 0 Å². The summed E-state index contributed by atoms with van der Waals surface area (Å²) in [5.74, 6) is 0.972. The first-order valence-corrected chi connectivity index (χ1v) is 7.27. The van der Waals surface area contributed by atoms with Gasteiger partial charge in [0.25, 0.3) is 0 Å². The van der Waals surface area contributed by atoms with E-state index in [1.807, 2.05) is 0 Å². The predicted octanol–water partition coefficient (Wildman–Crippen LogP) is 3.43. The molecule has 1 aromatic carbocycles. The zero-order valence-corrected chi connectivity index (χ0v) is 12.0. The topological polar surface area (TPSA) is 26.2 Å². The lowest BCUT2D eigenvalue weighted by atomic mass is 10.2. The number of aryl methyl sites for hydroxylation is 1. The molecule has 0 bridgehead atoms. The SMILES string of the molecule is CCCOc1ccc2c(ccn2CCCNCC)c1. The maximum atomic E-state index is 5.67. The maximum absolute atomic E-state index is 5.67. The van der Waals surface area contributed by atoms with Gasteiger partial charge in [-0.1, -0.05) is 13.8 Å². The van der Waals surface area contributed by atoms with Crippen LogP contribution in [0.25, 0.3) is 10.9 Å². The zero-order valence-electron chi connectivity index (χ0n) is 12.0. The monoisotopic (exact) mass is 260 g/mol. The fourth-order valence-electron chi connectivity index (χ4n) is 2.23. The third-order valence-corrected chi connectivity index (χ3v) is 3.22. The molecule has 1 aromatic heterocycles. The number of rotatable bonds is 8. The van der Waals surface area contributed by atoms with Crippen LogP contribution in [0.15, 0.2) is 30.5 Å². The lowest BCUT2D eigenvalue weighted by molar-refractivity contribution is 0.318. The number of fused-ring (bicyclic) bond motifs is 1. The second-order valence-electron chi connectivity index (χ2n) is 4.79. The summed E-state index contributed by atoms with van der Waals surface area (Å²) in [7, 11) is 0. The van der Waals surface area contributed by atoms with Crippen molar-refractivity contribution in [1.82, 2.24) is 9.88 Å². The average molecular weight is 260 g/mol.